The van der Waals surface area contributed by atoms with E-state index in [4.69, 9.17) is 0 Å². The molecule has 2 N–H and O–H groups in total. The van der Waals surface area contributed by atoms with Crippen LogP contribution in [0.15, 0.2) is 24.3 Å². The number of carbonyl (C=O) groups excluding carboxylic acids is 1. The fourth-order valence-corrected chi connectivity index (χ4v) is 5.68. The van der Waals surface area contributed by atoms with Crippen LogP contribution in [0.2, 0.25) is 0 Å². The maximum Gasteiger partial charge on any atom is 0.326 e. The van der Waals surface area contributed by atoms with Gasteiger partial charge in [0, 0.05) is 23.8 Å². The van der Waals surface area contributed by atoms with Gasteiger partial charge in [-0.15, -0.1) is 0 Å². The molecule has 2 rings (SSSR count). The van der Waals surface area contributed by atoms with Crippen molar-refractivity contribution in [2.24, 2.45) is 0 Å². The zero-order valence-electron chi connectivity index (χ0n) is 14.0. The molecular weight excluding hydrogens is 342 g/mol. The standard InChI is InChI=1S/C18H25NO3S2/c1-13-6-8-14(9-7-13)12-16(18(21)22)19-17(20)5-3-2-4-15-10-11-23-24-15/h6-9,15-16H,2-5,10-12H2,1H3,(H,19,20)(H,21,22)/t15-,16?/m1/s1. The van der Waals surface area contributed by atoms with Crippen molar-refractivity contribution >= 4 is 33.5 Å². The average Bonchev–Trinajstić information content (AvgIpc) is 3.06. The summed E-state index contributed by atoms with van der Waals surface area (Å²) in [5, 5.41) is 12.7. The molecule has 1 amide bonds. The van der Waals surface area contributed by atoms with Gasteiger partial charge in [-0.05, 0) is 31.7 Å². The van der Waals surface area contributed by atoms with E-state index in [1.54, 1.807) is 0 Å². The number of carboxylic acids is 1. The topological polar surface area (TPSA) is 66.4 Å². The molecule has 1 saturated heterocycles. The molecule has 0 aliphatic carbocycles. The number of carboxylic acid groups (broad SMARTS) is 1. The van der Waals surface area contributed by atoms with E-state index in [1.165, 1.54) is 12.2 Å². The maximum atomic E-state index is 12.0. The molecule has 1 aliphatic rings. The van der Waals surface area contributed by atoms with Gasteiger partial charge in [0.1, 0.15) is 6.04 Å². The molecule has 0 radical (unpaired) electrons. The summed E-state index contributed by atoms with van der Waals surface area (Å²) in [6.45, 7) is 1.99. The van der Waals surface area contributed by atoms with Crippen LogP contribution >= 0.6 is 21.6 Å². The third-order valence-corrected chi connectivity index (χ3v) is 7.11. The van der Waals surface area contributed by atoms with Gasteiger partial charge in [0.2, 0.25) is 5.91 Å². The Kier molecular flexibility index (Phi) is 7.99. The summed E-state index contributed by atoms with van der Waals surface area (Å²) in [5.74, 6) is 0.0843. The van der Waals surface area contributed by atoms with Gasteiger partial charge in [-0.2, -0.15) is 0 Å². The van der Waals surface area contributed by atoms with Crippen molar-refractivity contribution in [3.63, 3.8) is 0 Å². The molecule has 0 aromatic heterocycles. The van der Waals surface area contributed by atoms with Crippen LogP contribution < -0.4 is 5.32 Å². The molecule has 1 aromatic carbocycles. The Morgan fingerprint density at radius 2 is 2.04 bits per heavy atom. The van der Waals surface area contributed by atoms with Crippen molar-refractivity contribution in [3.8, 4) is 0 Å². The largest absolute Gasteiger partial charge is 0.480 e. The molecule has 0 saturated carbocycles. The van der Waals surface area contributed by atoms with E-state index >= 15 is 0 Å². The molecule has 2 atom stereocenters. The van der Waals surface area contributed by atoms with Crippen LogP contribution in [-0.4, -0.2) is 34.0 Å². The highest BCUT2D eigenvalue weighted by atomic mass is 33.1. The fourth-order valence-electron chi connectivity index (χ4n) is 2.65. The number of amides is 1. The van der Waals surface area contributed by atoms with Crippen molar-refractivity contribution in [2.45, 2.75) is 56.7 Å². The Morgan fingerprint density at radius 3 is 2.67 bits per heavy atom. The second kappa shape index (κ2) is 9.99. The minimum atomic E-state index is -0.983. The Bertz CT molecular complexity index is 542. The van der Waals surface area contributed by atoms with E-state index in [9.17, 15) is 14.7 Å². The average molecular weight is 368 g/mol. The number of carbonyl (C=O) groups is 2. The first kappa shape index (κ1) is 19.2. The predicted octanol–water partition coefficient (Wildman–Crippen LogP) is 3.82. The van der Waals surface area contributed by atoms with Gasteiger partial charge in [0.05, 0.1) is 0 Å². The number of benzene rings is 1. The lowest BCUT2D eigenvalue weighted by Crippen LogP contribution is -2.42. The van der Waals surface area contributed by atoms with Crippen molar-refractivity contribution in [2.75, 3.05) is 5.75 Å². The molecular formula is C18H25NO3S2. The third kappa shape index (κ3) is 6.77. The highest BCUT2D eigenvalue weighted by Crippen LogP contribution is 2.39. The van der Waals surface area contributed by atoms with Gasteiger partial charge in [0.25, 0.3) is 0 Å². The number of aliphatic carboxylic acids is 1. The van der Waals surface area contributed by atoms with Crippen LogP contribution in [0.3, 0.4) is 0 Å². The van der Waals surface area contributed by atoms with E-state index in [-0.39, 0.29) is 5.91 Å². The minimum absolute atomic E-state index is 0.164. The van der Waals surface area contributed by atoms with Crippen molar-refractivity contribution in [1.82, 2.24) is 5.32 Å². The fraction of sp³-hybridized carbons (Fsp3) is 0.556. The SMILES string of the molecule is Cc1ccc(CC(NC(=O)CCCC[C@@H]2CCSS2)C(=O)O)cc1. The molecule has 0 spiro atoms. The lowest BCUT2D eigenvalue weighted by atomic mass is 10.0. The normalized spacial score (nSPS) is 18.3. The number of hydrogen-bond acceptors (Lipinski definition) is 4. The monoisotopic (exact) mass is 367 g/mol. The van der Waals surface area contributed by atoms with Crippen LogP contribution in [0.25, 0.3) is 0 Å². The molecule has 1 fully saturated rings. The second-order valence-electron chi connectivity index (χ2n) is 6.22. The van der Waals surface area contributed by atoms with Crippen LogP contribution in [0.1, 0.15) is 43.2 Å². The first-order valence-electron chi connectivity index (χ1n) is 8.40. The molecule has 1 unspecified atom stereocenters. The number of hydrogen-bond donors (Lipinski definition) is 2. The molecule has 1 aromatic rings. The first-order valence-corrected chi connectivity index (χ1v) is 10.8. The zero-order valence-corrected chi connectivity index (χ0v) is 15.6. The van der Waals surface area contributed by atoms with Crippen LogP contribution in [0, 0.1) is 6.92 Å². The van der Waals surface area contributed by atoms with E-state index in [1.807, 2.05) is 52.8 Å². The molecule has 1 heterocycles. The van der Waals surface area contributed by atoms with Gasteiger partial charge in [-0.25, -0.2) is 4.79 Å². The van der Waals surface area contributed by atoms with Crippen molar-refractivity contribution < 1.29 is 14.7 Å². The molecule has 0 bridgehead atoms. The van der Waals surface area contributed by atoms with Gasteiger partial charge < -0.3 is 10.4 Å². The van der Waals surface area contributed by atoms with E-state index in [0.29, 0.717) is 12.8 Å². The van der Waals surface area contributed by atoms with Crippen LogP contribution in [-0.2, 0) is 16.0 Å². The predicted molar refractivity (Wildman–Crippen MR) is 101 cm³/mol. The summed E-state index contributed by atoms with van der Waals surface area (Å²) in [4.78, 5) is 23.4. The van der Waals surface area contributed by atoms with Gasteiger partial charge >= 0.3 is 5.97 Å². The van der Waals surface area contributed by atoms with Crippen molar-refractivity contribution in [1.29, 1.82) is 0 Å². The highest BCUT2D eigenvalue weighted by Gasteiger charge is 2.20. The second-order valence-corrected chi connectivity index (χ2v) is 9.01. The summed E-state index contributed by atoms with van der Waals surface area (Å²) < 4.78 is 0. The van der Waals surface area contributed by atoms with Gasteiger partial charge in [-0.3, -0.25) is 4.79 Å². The Labute approximate surface area is 151 Å². The van der Waals surface area contributed by atoms with Gasteiger partial charge in [-0.1, -0.05) is 57.8 Å². The quantitative estimate of drug-likeness (QED) is 0.513. The first-order chi connectivity index (χ1) is 11.5. The lowest BCUT2D eigenvalue weighted by Gasteiger charge is -2.15. The number of rotatable bonds is 9. The highest BCUT2D eigenvalue weighted by molar-refractivity contribution is 8.77. The Morgan fingerprint density at radius 1 is 1.29 bits per heavy atom. The lowest BCUT2D eigenvalue weighted by molar-refractivity contribution is -0.141. The van der Waals surface area contributed by atoms with Crippen LogP contribution in [0.5, 0.6) is 0 Å². The molecule has 1 aliphatic heterocycles. The summed E-state index contributed by atoms with van der Waals surface area (Å²) in [7, 11) is 3.89. The molecule has 24 heavy (non-hydrogen) atoms. The summed E-state index contributed by atoms with van der Waals surface area (Å²) >= 11 is 0. The molecule has 6 heteroatoms. The molecule has 4 nitrogen and oxygen atoms in total. The zero-order chi connectivity index (χ0) is 17.4. The number of aryl methyl sites for hydroxylation is 1. The Balaban J connectivity index is 1.71. The Hall–Kier alpha value is -1.14. The number of nitrogens with one attached hydrogen (secondary N) is 1. The summed E-state index contributed by atoms with van der Waals surface area (Å²) in [6.07, 6.45) is 4.99. The van der Waals surface area contributed by atoms with Gasteiger partial charge in [0.15, 0.2) is 0 Å². The van der Waals surface area contributed by atoms with E-state index < -0.39 is 12.0 Å². The van der Waals surface area contributed by atoms with Crippen molar-refractivity contribution in [3.05, 3.63) is 35.4 Å². The smallest absolute Gasteiger partial charge is 0.326 e. The maximum absolute atomic E-state index is 12.0. The van der Waals surface area contributed by atoms with Crippen LogP contribution in [0.4, 0.5) is 0 Å². The summed E-state index contributed by atoms with van der Waals surface area (Å²) in [6, 6.07) is 6.87. The number of unbranched alkanes of at least 4 members (excludes halogenated alkanes) is 1. The molecule has 132 valence electrons. The third-order valence-electron chi connectivity index (χ3n) is 4.10. The van der Waals surface area contributed by atoms with E-state index in [0.717, 1.165) is 35.6 Å². The minimum Gasteiger partial charge on any atom is -0.480 e. The van der Waals surface area contributed by atoms with E-state index in [2.05, 4.69) is 5.32 Å². The summed E-state index contributed by atoms with van der Waals surface area (Å²) in [5.41, 5.74) is 2.05.